The van der Waals surface area contributed by atoms with Gasteiger partial charge in [-0.3, -0.25) is 4.68 Å². The summed E-state index contributed by atoms with van der Waals surface area (Å²) in [4.78, 5) is 24.5. The third-order valence-electron chi connectivity index (χ3n) is 5.73. The fourth-order valence-corrected chi connectivity index (χ4v) is 4.18. The van der Waals surface area contributed by atoms with Crippen LogP contribution in [0.4, 0.5) is 4.79 Å². The van der Waals surface area contributed by atoms with Gasteiger partial charge in [0.25, 0.3) is 0 Å². The molecule has 0 saturated heterocycles. The largest absolute Gasteiger partial charge is 0.488 e. The Labute approximate surface area is 192 Å². The minimum absolute atomic E-state index is 0.0350. The summed E-state index contributed by atoms with van der Waals surface area (Å²) < 4.78 is 12.5. The van der Waals surface area contributed by atoms with Gasteiger partial charge in [0.1, 0.15) is 6.61 Å². The van der Waals surface area contributed by atoms with Crippen LogP contribution in [0.3, 0.4) is 0 Å². The van der Waals surface area contributed by atoms with E-state index in [0.29, 0.717) is 5.75 Å². The van der Waals surface area contributed by atoms with Crippen LogP contribution < -0.4 is 10.1 Å². The zero-order valence-electron chi connectivity index (χ0n) is 18.8. The maximum atomic E-state index is 12.6. The molecule has 2 atom stereocenters. The molecular formula is C25H27N3O5. The molecule has 1 aromatic heterocycles. The van der Waals surface area contributed by atoms with Crippen molar-refractivity contribution in [3.63, 3.8) is 0 Å². The second-order valence-corrected chi connectivity index (χ2v) is 8.35. The molecule has 2 N–H and O–H groups in total. The van der Waals surface area contributed by atoms with Gasteiger partial charge in [-0.25, -0.2) is 9.59 Å². The van der Waals surface area contributed by atoms with E-state index in [9.17, 15) is 14.7 Å². The number of carbonyl (C=O) groups is 2. The van der Waals surface area contributed by atoms with Gasteiger partial charge < -0.3 is 19.9 Å². The van der Waals surface area contributed by atoms with E-state index in [1.807, 2.05) is 50.2 Å². The van der Waals surface area contributed by atoms with Gasteiger partial charge in [-0.1, -0.05) is 48.5 Å². The zero-order valence-corrected chi connectivity index (χ0v) is 18.8. The topological polar surface area (TPSA) is 103 Å². The van der Waals surface area contributed by atoms with Crippen molar-refractivity contribution in [2.45, 2.75) is 44.9 Å². The van der Waals surface area contributed by atoms with Crippen LogP contribution in [-0.4, -0.2) is 45.7 Å². The molecule has 4 rings (SSSR count). The normalized spacial score (nSPS) is 14.3. The van der Waals surface area contributed by atoms with Gasteiger partial charge in [0.15, 0.2) is 11.8 Å². The molecule has 2 unspecified atom stereocenters. The summed E-state index contributed by atoms with van der Waals surface area (Å²) in [5.41, 5.74) is 4.42. The van der Waals surface area contributed by atoms with E-state index >= 15 is 0 Å². The Morgan fingerprint density at radius 1 is 1.06 bits per heavy atom. The van der Waals surface area contributed by atoms with Crippen molar-refractivity contribution >= 4 is 12.1 Å². The first-order valence-corrected chi connectivity index (χ1v) is 10.9. The van der Waals surface area contributed by atoms with E-state index < -0.39 is 24.1 Å². The van der Waals surface area contributed by atoms with Crippen LogP contribution in [0.25, 0.3) is 11.1 Å². The lowest BCUT2D eigenvalue weighted by Gasteiger charge is -2.22. The van der Waals surface area contributed by atoms with Gasteiger partial charge in [0, 0.05) is 5.92 Å². The first-order valence-electron chi connectivity index (χ1n) is 10.9. The molecule has 1 heterocycles. The summed E-state index contributed by atoms with van der Waals surface area (Å²) in [5.74, 6) is -0.759. The molecule has 172 valence electrons. The molecule has 1 amide bonds. The van der Waals surface area contributed by atoms with E-state index in [1.54, 1.807) is 13.1 Å². The number of carboxylic acid groups (broad SMARTS) is 1. The highest BCUT2D eigenvalue weighted by Gasteiger charge is 2.32. The number of alkyl carbamates (subject to hydrolysis) is 1. The summed E-state index contributed by atoms with van der Waals surface area (Å²) in [5, 5.41) is 16.4. The van der Waals surface area contributed by atoms with Gasteiger partial charge in [0.05, 0.1) is 24.5 Å². The Hall–Kier alpha value is -3.81. The molecule has 0 saturated carbocycles. The zero-order chi connectivity index (χ0) is 23.5. The maximum Gasteiger partial charge on any atom is 0.407 e. The minimum atomic E-state index is -1.23. The summed E-state index contributed by atoms with van der Waals surface area (Å²) in [7, 11) is 0. The Balaban J connectivity index is 1.43. The van der Waals surface area contributed by atoms with E-state index in [0.717, 1.165) is 22.3 Å². The van der Waals surface area contributed by atoms with Gasteiger partial charge >= 0.3 is 12.1 Å². The molecule has 0 fully saturated rings. The first kappa shape index (κ1) is 22.4. The number of benzene rings is 2. The Morgan fingerprint density at radius 3 is 2.24 bits per heavy atom. The van der Waals surface area contributed by atoms with Crippen LogP contribution in [0.1, 0.15) is 43.9 Å². The van der Waals surface area contributed by atoms with Gasteiger partial charge in [-0.15, -0.1) is 0 Å². The van der Waals surface area contributed by atoms with Crippen LogP contribution >= 0.6 is 0 Å². The van der Waals surface area contributed by atoms with E-state index in [4.69, 9.17) is 9.47 Å². The fourth-order valence-electron chi connectivity index (χ4n) is 4.18. The average Bonchev–Trinajstić information content (AvgIpc) is 3.37. The molecule has 0 aliphatic heterocycles. The number of amides is 1. The number of nitrogens with one attached hydrogen (secondary N) is 1. The smallest absolute Gasteiger partial charge is 0.407 e. The summed E-state index contributed by atoms with van der Waals surface area (Å²) in [6, 6.07) is 14.2. The second-order valence-electron chi connectivity index (χ2n) is 8.35. The highest BCUT2D eigenvalue weighted by Crippen LogP contribution is 2.44. The Kier molecular flexibility index (Phi) is 6.35. The number of nitrogens with zero attached hydrogens (tertiary/aromatic N) is 2. The SMILES string of the molecule is CC(C)Oc1cnn(C(C)C(NC(=O)OCC2c3ccccc3-c3ccccc32)C(=O)O)c1. The number of fused-ring (bicyclic) bond motifs is 3. The van der Waals surface area contributed by atoms with E-state index in [-0.39, 0.29) is 18.6 Å². The van der Waals surface area contributed by atoms with Crippen molar-refractivity contribution in [1.29, 1.82) is 0 Å². The molecule has 2 aromatic carbocycles. The van der Waals surface area contributed by atoms with Gasteiger partial charge in [0.2, 0.25) is 0 Å². The van der Waals surface area contributed by atoms with Crippen LogP contribution in [0.2, 0.25) is 0 Å². The maximum absolute atomic E-state index is 12.6. The van der Waals surface area contributed by atoms with Crippen molar-refractivity contribution in [2.75, 3.05) is 6.61 Å². The molecule has 8 heteroatoms. The van der Waals surface area contributed by atoms with Gasteiger partial charge in [-0.05, 0) is 43.0 Å². The Morgan fingerprint density at radius 2 is 1.67 bits per heavy atom. The third kappa shape index (κ3) is 4.69. The Bertz CT molecular complexity index is 1110. The highest BCUT2D eigenvalue weighted by molar-refractivity contribution is 5.81. The molecule has 8 nitrogen and oxygen atoms in total. The van der Waals surface area contributed by atoms with Crippen LogP contribution in [0, 0.1) is 0 Å². The molecule has 1 aliphatic rings. The van der Waals surface area contributed by atoms with Gasteiger partial charge in [-0.2, -0.15) is 5.10 Å². The van der Waals surface area contributed by atoms with E-state index in [1.165, 1.54) is 10.9 Å². The molecule has 0 bridgehead atoms. The second kappa shape index (κ2) is 9.36. The minimum Gasteiger partial charge on any atom is -0.488 e. The number of rotatable bonds is 8. The molecular weight excluding hydrogens is 422 g/mol. The fraction of sp³-hybridized carbons (Fsp3) is 0.320. The van der Waals surface area contributed by atoms with Crippen LogP contribution in [0.5, 0.6) is 5.75 Å². The summed E-state index contributed by atoms with van der Waals surface area (Å²) >= 11 is 0. The van der Waals surface area contributed by atoms with Crippen LogP contribution in [0.15, 0.2) is 60.9 Å². The number of carboxylic acids is 1. The number of hydrogen-bond donors (Lipinski definition) is 2. The average molecular weight is 450 g/mol. The standard InChI is InChI=1S/C25H27N3O5/c1-15(2)33-17-12-26-28(13-17)16(3)23(24(29)30)27-25(31)32-14-22-20-10-6-4-8-18(20)19-9-5-7-11-21(19)22/h4-13,15-16,22-23H,14H2,1-3H3,(H,27,31)(H,29,30). The molecule has 3 aromatic rings. The lowest BCUT2D eigenvalue weighted by atomic mass is 9.98. The lowest BCUT2D eigenvalue weighted by Crippen LogP contribution is -2.46. The predicted molar refractivity (Wildman–Crippen MR) is 122 cm³/mol. The van der Waals surface area contributed by atoms with E-state index in [2.05, 4.69) is 22.5 Å². The van der Waals surface area contributed by atoms with Crippen molar-refractivity contribution < 1.29 is 24.2 Å². The monoisotopic (exact) mass is 449 g/mol. The summed E-state index contributed by atoms with van der Waals surface area (Å²) in [6.45, 7) is 5.54. The van der Waals surface area contributed by atoms with Crippen molar-refractivity contribution in [1.82, 2.24) is 15.1 Å². The first-order chi connectivity index (χ1) is 15.8. The number of hydrogen-bond acceptors (Lipinski definition) is 5. The van der Waals surface area contributed by atoms with Crippen LogP contribution in [-0.2, 0) is 9.53 Å². The summed E-state index contributed by atoms with van der Waals surface area (Å²) in [6.07, 6.45) is 2.30. The number of aliphatic carboxylic acids is 1. The number of carbonyl (C=O) groups excluding carboxylic acids is 1. The molecule has 0 radical (unpaired) electrons. The third-order valence-corrected chi connectivity index (χ3v) is 5.73. The predicted octanol–water partition coefficient (Wildman–Crippen LogP) is 4.22. The van der Waals surface area contributed by atoms with Crippen molar-refractivity contribution in [3.05, 3.63) is 72.1 Å². The number of ether oxygens (including phenoxy) is 2. The molecule has 33 heavy (non-hydrogen) atoms. The number of aromatic nitrogens is 2. The van der Waals surface area contributed by atoms with Crippen molar-refractivity contribution in [3.8, 4) is 16.9 Å². The molecule has 1 aliphatic carbocycles. The lowest BCUT2D eigenvalue weighted by molar-refractivity contribution is -0.140. The molecule has 0 spiro atoms. The quantitative estimate of drug-likeness (QED) is 0.534. The van der Waals surface area contributed by atoms with Crippen molar-refractivity contribution in [2.24, 2.45) is 0 Å². The highest BCUT2D eigenvalue weighted by atomic mass is 16.5.